The first-order valence-corrected chi connectivity index (χ1v) is 18.2. The highest BCUT2D eigenvalue weighted by molar-refractivity contribution is 7.85. The fourth-order valence-electron chi connectivity index (χ4n) is 6.03. The first-order chi connectivity index (χ1) is 18.9. The summed E-state index contributed by atoms with van der Waals surface area (Å²) in [4.78, 5) is 0.103. The van der Waals surface area contributed by atoms with Crippen molar-refractivity contribution >= 4 is 10.1 Å². The summed E-state index contributed by atoms with van der Waals surface area (Å²) < 4.78 is 35.4. The fourth-order valence-corrected chi connectivity index (χ4v) is 6.75. The molecule has 1 rings (SSSR count). The molecular weight excluding hydrogens is 502 g/mol. The molecule has 0 spiro atoms. The Kier molecular flexibility index (Phi) is 21.1. The molecule has 0 radical (unpaired) electrons. The van der Waals surface area contributed by atoms with Crippen LogP contribution < -0.4 is 0 Å². The molecule has 0 aliphatic carbocycles. The molecule has 0 saturated carbocycles. The monoisotopic (exact) mass is 566 g/mol. The molecule has 4 nitrogen and oxygen atoms in total. The van der Waals surface area contributed by atoms with E-state index in [1.165, 1.54) is 135 Å². The molecule has 5 heteroatoms. The lowest BCUT2D eigenvalue weighted by molar-refractivity contribution is -0.941. The number of nitrogens with zero attached hydrogens (tertiary/aromatic N) is 1. The normalized spacial score (nSPS) is 12.3. The van der Waals surface area contributed by atoms with Crippen LogP contribution in [-0.4, -0.2) is 37.1 Å². The summed E-state index contributed by atoms with van der Waals surface area (Å²) in [5.41, 5.74) is 0.786. The summed E-state index contributed by atoms with van der Waals surface area (Å²) in [6, 6.07) is 7.16. The van der Waals surface area contributed by atoms with Crippen LogP contribution in [0.1, 0.15) is 161 Å². The highest BCUT2D eigenvalue weighted by Crippen LogP contribution is 2.26. The number of unbranched alkanes of at least 4 members (excludes halogenated alkanes) is 18. The average molecular weight is 567 g/mol. The molecule has 0 aliphatic rings. The van der Waals surface area contributed by atoms with Gasteiger partial charge in [0.15, 0.2) is 0 Å². The molecule has 228 valence electrons. The fraction of sp³-hybridized carbons (Fsp3) is 0.824. The molecule has 0 amide bonds. The second-order valence-corrected chi connectivity index (χ2v) is 13.5. The van der Waals surface area contributed by atoms with Crippen LogP contribution in [0, 0.1) is 0 Å². The van der Waals surface area contributed by atoms with Gasteiger partial charge < -0.3 is 4.48 Å². The van der Waals surface area contributed by atoms with Crippen LogP contribution in [0.4, 0.5) is 0 Å². The van der Waals surface area contributed by atoms with Gasteiger partial charge in [-0.1, -0.05) is 135 Å². The minimum Gasteiger partial charge on any atom is -0.320 e. The molecule has 0 saturated heterocycles. The quantitative estimate of drug-likeness (QED) is 0.0654. The van der Waals surface area contributed by atoms with Gasteiger partial charge in [-0.3, -0.25) is 4.55 Å². The second-order valence-electron chi connectivity index (χ2n) is 12.1. The van der Waals surface area contributed by atoms with Gasteiger partial charge in [-0.05, 0) is 44.6 Å². The highest BCUT2D eigenvalue weighted by atomic mass is 32.2. The van der Waals surface area contributed by atoms with Gasteiger partial charge in [0.1, 0.15) is 11.4 Å². The van der Waals surface area contributed by atoms with Gasteiger partial charge in [-0.25, -0.2) is 0 Å². The summed E-state index contributed by atoms with van der Waals surface area (Å²) >= 11 is 0. The Hall–Kier alpha value is -0.910. The van der Waals surface area contributed by atoms with Crippen LogP contribution in [0.2, 0.25) is 0 Å². The van der Waals surface area contributed by atoms with Gasteiger partial charge >= 0.3 is 0 Å². The molecule has 0 unspecified atom stereocenters. The molecule has 1 aromatic carbocycles. The smallest absolute Gasteiger partial charge is 0.295 e. The predicted molar refractivity (Wildman–Crippen MR) is 169 cm³/mol. The summed E-state index contributed by atoms with van der Waals surface area (Å²) in [6.45, 7) is 10.8. The molecule has 0 bridgehead atoms. The molecule has 0 aromatic heterocycles. The van der Waals surface area contributed by atoms with Crippen LogP contribution in [0.3, 0.4) is 0 Å². The lowest BCUT2D eigenvalue weighted by atomic mass is 10.0. The molecular formula is C34H64NO3S+. The maximum Gasteiger partial charge on any atom is 0.295 e. The summed E-state index contributed by atoms with van der Waals surface area (Å²) in [7, 11) is -4.23. The van der Waals surface area contributed by atoms with Crippen molar-refractivity contribution in [3.05, 3.63) is 29.8 Å². The molecule has 0 atom stereocenters. The van der Waals surface area contributed by atoms with Gasteiger partial charge in [0.25, 0.3) is 10.1 Å². The van der Waals surface area contributed by atoms with E-state index in [4.69, 9.17) is 0 Å². The summed E-state index contributed by atoms with van der Waals surface area (Å²) in [6.07, 6.45) is 27.2. The van der Waals surface area contributed by atoms with E-state index in [1.807, 2.05) is 12.1 Å². The van der Waals surface area contributed by atoms with Gasteiger partial charge in [-0.2, -0.15) is 8.42 Å². The van der Waals surface area contributed by atoms with E-state index in [-0.39, 0.29) is 4.90 Å². The van der Waals surface area contributed by atoms with E-state index in [9.17, 15) is 13.0 Å². The van der Waals surface area contributed by atoms with Gasteiger partial charge in [0.05, 0.1) is 19.6 Å². The van der Waals surface area contributed by atoms with Gasteiger partial charge in [0, 0.05) is 5.56 Å². The van der Waals surface area contributed by atoms with Crippen molar-refractivity contribution in [3.63, 3.8) is 0 Å². The molecule has 0 aliphatic heterocycles. The van der Waals surface area contributed by atoms with Gasteiger partial charge in [0.2, 0.25) is 0 Å². The molecule has 1 N–H and O–H groups in total. The Morgan fingerprint density at radius 2 is 0.872 bits per heavy atom. The third-order valence-corrected chi connectivity index (χ3v) is 9.42. The maximum atomic E-state index is 12.2. The third kappa shape index (κ3) is 17.5. The second kappa shape index (κ2) is 22.7. The Labute approximate surface area is 243 Å². The van der Waals surface area contributed by atoms with Crippen molar-refractivity contribution in [3.8, 4) is 0 Å². The van der Waals surface area contributed by atoms with Crippen molar-refractivity contribution < 1.29 is 17.5 Å². The maximum absolute atomic E-state index is 12.2. The van der Waals surface area contributed by atoms with Crippen LogP contribution in [0.25, 0.3) is 0 Å². The van der Waals surface area contributed by atoms with E-state index in [0.29, 0.717) is 6.54 Å². The molecule has 39 heavy (non-hydrogen) atoms. The van der Waals surface area contributed by atoms with Crippen LogP contribution in [0.15, 0.2) is 29.2 Å². The average Bonchev–Trinajstić information content (AvgIpc) is 2.91. The third-order valence-electron chi connectivity index (χ3n) is 8.46. The van der Waals surface area contributed by atoms with E-state index >= 15 is 0 Å². The molecule has 0 fully saturated rings. The van der Waals surface area contributed by atoms with E-state index in [1.54, 1.807) is 12.1 Å². The van der Waals surface area contributed by atoms with Crippen molar-refractivity contribution in [1.82, 2.24) is 0 Å². The Balaban J connectivity index is 2.97. The Morgan fingerprint density at radius 1 is 0.538 bits per heavy atom. The zero-order valence-corrected chi connectivity index (χ0v) is 26.9. The largest absolute Gasteiger partial charge is 0.320 e. The molecule has 1 aromatic rings. The number of hydrogen-bond donors (Lipinski definition) is 1. The van der Waals surface area contributed by atoms with Crippen molar-refractivity contribution in [2.45, 2.75) is 167 Å². The minimum atomic E-state index is -4.23. The van der Waals surface area contributed by atoms with Crippen molar-refractivity contribution in [1.29, 1.82) is 0 Å². The lowest BCUT2D eigenvalue weighted by Crippen LogP contribution is -2.49. The zero-order chi connectivity index (χ0) is 28.7. The highest BCUT2D eigenvalue weighted by Gasteiger charge is 2.29. The number of hydrogen-bond acceptors (Lipinski definition) is 2. The topological polar surface area (TPSA) is 54.4 Å². The first-order valence-electron chi connectivity index (χ1n) is 16.8. The SMILES string of the molecule is CCCCCCCCC[N+](CCCCCCCCC)(CCCCCCCCC)Cc1ccccc1S(=O)(=O)O. The number of benzene rings is 1. The molecule has 0 heterocycles. The van der Waals surface area contributed by atoms with Crippen molar-refractivity contribution in [2.75, 3.05) is 19.6 Å². The Bertz CT molecular complexity index is 763. The van der Waals surface area contributed by atoms with E-state index in [0.717, 1.165) is 29.7 Å². The summed E-state index contributed by atoms with van der Waals surface area (Å²) in [5.74, 6) is 0. The lowest BCUT2D eigenvalue weighted by Gasteiger charge is -2.40. The van der Waals surface area contributed by atoms with Crippen LogP contribution >= 0.6 is 0 Å². The first kappa shape index (κ1) is 36.1. The van der Waals surface area contributed by atoms with Gasteiger partial charge in [-0.15, -0.1) is 0 Å². The standard InChI is InChI=1S/C34H63NO3S/c1-4-7-10-13-16-19-24-29-35(30-25-20-17-14-11-8-5-2,31-26-21-18-15-12-9-6-3)32-33-27-22-23-28-34(33)39(36,37)38/h22-23,27-28H,4-21,24-26,29-32H2,1-3H3/p+1. The number of quaternary nitrogens is 1. The van der Waals surface area contributed by atoms with Crippen LogP contribution in [0.5, 0.6) is 0 Å². The predicted octanol–water partition coefficient (Wildman–Crippen LogP) is 10.5. The van der Waals surface area contributed by atoms with E-state index < -0.39 is 10.1 Å². The Morgan fingerprint density at radius 3 is 1.23 bits per heavy atom. The van der Waals surface area contributed by atoms with Crippen molar-refractivity contribution in [2.24, 2.45) is 0 Å². The minimum absolute atomic E-state index is 0.103. The number of rotatable bonds is 27. The van der Waals surface area contributed by atoms with E-state index in [2.05, 4.69) is 20.8 Å². The van der Waals surface area contributed by atoms with Crippen LogP contribution in [-0.2, 0) is 16.7 Å². The zero-order valence-electron chi connectivity index (χ0n) is 26.1. The summed E-state index contributed by atoms with van der Waals surface area (Å²) in [5, 5.41) is 0.